The summed E-state index contributed by atoms with van der Waals surface area (Å²) in [5.74, 6) is 0.197. The highest BCUT2D eigenvalue weighted by atomic mass is 35.5. The molecule has 0 bridgehead atoms. The number of aromatic nitrogens is 2. The Morgan fingerprint density at radius 2 is 1.96 bits per heavy atom. The third-order valence-corrected chi connectivity index (χ3v) is 5.47. The van der Waals surface area contributed by atoms with Gasteiger partial charge in [0.15, 0.2) is 0 Å². The van der Waals surface area contributed by atoms with Gasteiger partial charge in [0.2, 0.25) is 5.95 Å². The second-order valence-electron chi connectivity index (χ2n) is 5.93. The first-order valence-corrected chi connectivity index (χ1v) is 9.43. The number of fused-ring (bicyclic) bond motifs is 1. The van der Waals surface area contributed by atoms with Crippen LogP contribution in [0.1, 0.15) is 23.5 Å². The molecule has 0 radical (unpaired) electrons. The number of halogens is 2. The maximum absolute atomic E-state index is 12.1. The third-order valence-electron chi connectivity index (χ3n) is 3.63. The first-order chi connectivity index (χ1) is 12.3. The van der Waals surface area contributed by atoms with Crippen LogP contribution in [0.5, 0.6) is 0 Å². The molecule has 4 N–H and O–H groups in total. The van der Waals surface area contributed by atoms with Crippen LogP contribution in [0.25, 0.3) is 21.5 Å². The van der Waals surface area contributed by atoms with Crippen LogP contribution in [-0.2, 0) is 0 Å². The molecule has 1 amide bonds. The van der Waals surface area contributed by atoms with Gasteiger partial charge < -0.3 is 16.4 Å². The van der Waals surface area contributed by atoms with Gasteiger partial charge in [-0.05, 0) is 26.0 Å². The zero-order valence-corrected chi connectivity index (χ0v) is 16.7. The molecule has 0 unspecified atom stereocenters. The van der Waals surface area contributed by atoms with Crippen LogP contribution >= 0.6 is 34.5 Å². The van der Waals surface area contributed by atoms with E-state index in [2.05, 4.69) is 20.6 Å². The van der Waals surface area contributed by atoms with Crippen LogP contribution in [-0.4, -0.2) is 29.0 Å². The van der Waals surface area contributed by atoms with Crippen LogP contribution in [0.15, 0.2) is 18.2 Å². The summed E-state index contributed by atoms with van der Waals surface area (Å²) >= 11 is 13.4. The van der Waals surface area contributed by atoms with Crippen molar-refractivity contribution in [1.29, 1.82) is 0 Å². The SMILES string of the molecule is CNC(=O)c1sc2nc(NC(C)C)nc(-c3ccc(Cl)c(Cl)c3)c2c1N. The Bertz CT molecular complexity index is 1000. The minimum Gasteiger partial charge on any atom is -0.397 e. The molecule has 2 aromatic heterocycles. The Hall–Kier alpha value is -2.09. The average Bonchev–Trinajstić information content (AvgIpc) is 2.92. The summed E-state index contributed by atoms with van der Waals surface area (Å²) in [6, 6.07) is 5.38. The first-order valence-electron chi connectivity index (χ1n) is 7.85. The summed E-state index contributed by atoms with van der Waals surface area (Å²) in [5, 5.41) is 7.27. The van der Waals surface area contributed by atoms with Crippen molar-refractivity contribution < 1.29 is 4.79 Å². The Kier molecular flexibility index (Phi) is 5.22. The lowest BCUT2D eigenvalue weighted by Crippen LogP contribution is -2.17. The predicted molar refractivity (Wildman–Crippen MR) is 109 cm³/mol. The fourth-order valence-electron chi connectivity index (χ4n) is 2.48. The number of hydrogen-bond acceptors (Lipinski definition) is 6. The van der Waals surface area contributed by atoms with Gasteiger partial charge in [-0.3, -0.25) is 4.79 Å². The highest BCUT2D eigenvalue weighted by Gasteiger charge is 2.22. The van der Waals surface area contributed by atoms with E-state index < -0.39 is 0 Å². The number of amides is 1. The highest BCUT2D eigenvalue weighted by molar-refractivity contribution is 7.21. The van der Waals surface area contributed by atoms with Gasteiger partial charge in [-0.15, -0.1) is 11.3 Å². The lowest BCUT2D eigenvalue weighted by atomic mass is 10.1. The maximum Gasteiger partial charge on any atom is 0.263 e. The monoisotopic (exact) mass is 409 g/mol. The quantitative estimate of drug-likeness (QED) is 0.592. The summed E-state index contributed by atoms with van der Waals surface area (Å²) in [4.78, 5) is 22.3. The Labute approximate surface area is 164 Å². The molecule has 0 aliphatic rings. The Balaban J connectivity index is 2.31. The number of nitrogens with zero attached hydrogens (tertiary/aromatic N) is 2. The lowest BCUT2D eigenvalue weighted by Gasteiger charge is -2.11. The molecular weight excluding hydrogens is 393 g/mol. The van der Waals surface area contributed by atoms with Crippen LogP contribution in [0.4, 0.5) is 11.6 Å². The smallest absolute Gasteiger partial charge is 0.263 e. The molecule has 9 heteroatoms. The van der Waals surface area contributed by atoms with Crippen molar-refractivity contribution in [2.45, 2.75) is 19.9 Å². The molecule has 0 atom stereocenters. The normalized spacial score (nSPS) is 11.2. The molecule has 26 heavy (non-hydrogen) atoms. The molecule has 0 aliphatic carbocycles. The van der Waals surface area contributed by atoms with E-state index in [9.17, 15) is 4.79 Å². The lowest BCUT2D eigenvalue weighted by molar-refractivity contribution is 0.0968. The van der Waals surface area contributed by atoms with Gasteiger partial charge in [-0.2, -0.15) is 0 Å². The molecule has 6 nitrogen and oxygen atoms in total. The van der Waals surface area contributed by atoms with E-state index in [0.29, 0.717) is 42.5 Å². The van der Waals surface area contributed by atoms with E-state index in [1.807, 2.05) is 19.9 Å². The number of carbonyl (C=O) groups is 1. The first kappa shape index (κ1) is 18.7. The van der Waals surface area contributed by atoms with Gasteiger partial charge in [0, 0.05) is 18.7 Å². The van der Waals surface area contributed by atoms with Gasteiger partial charge in [0.05, 0.1) is 26.8 Å². The molecule has 0 fully saturated rings. The number of rotatable bonds is 4. The van der Waals surface area contributed by atoms with Gasteiger partial charge in [0.25, 0.3) is 5.91 Å². The maximum atomic E-state index is 12.1. The average molecular weight is 410 g/mol. The van der Waals surface area contributed by atoms with Crippen LogP contribution in [0.3, 0.4) is 0 Å². The van der Waals surface area contributed by atoms with E-state index in [-0.39, 0.29) is 11.9 Å². The summed E-state index contributed by atoms with van der Waals surface area (Å²) in [6.45, 7) is 3.98. The molecule has 3 aromatic rings. The molecule has 2 heterocycles. The number of benzene rings is 1. The van der Waals surface area contributed by atoms with Crippen molar-refractivity contribution in [1.82, 2.24) is 15.3 Å². The summed E-state index contributed by atoms with van der Waals surface area (Å²) in [6.07, 6.45) is 0. The van der Waals surface area contributed by atoms with Crippen molar-refractivity contribution in [3.05, 3.63) is 33.1 Å². The molecular formula is C17H17Cl2N5OS. The van der Waals surface area contributed by atoms with E-state index in [1.54, 1.807) is 19.2 Å². The second-order valence-corrected chi connectivity index (χ2v) is 7.74. The molecule has 1 aromatic carbocycles. The number of nitrogens with two attached hydrogens (primary N) is 1. The van der Waals surface area contributed by atoms with Crippen LogP contribution < -0.4 is 16.4 Å². The van der Waals surface area contributed by atoms with Crippen molar-refractivity contribution in [3.8, 4) is 11.3 Å². The zero-order valence-electron chi connectivity index (χ0n) is 14.4. The third kappa shape index (κ3) is 3.42. The fourth-order valence-corrected chi connectivity index (χ4v) is 3.82. The number of thiophene rings is 1. The highest BCUT2D eigenvalue weighted by Crippen LogP contribution is 2.40. The standard InChI is InChI=1S/C17H17Cl2N5OS/c1-7(2)22-17-23-13(8-4-5-9(18)10(19)6-8)11-12(20)14(15(25)21-3)26-16(11)24-17/h4-7H,20H2,1-3H3,(H,21,25)(H,22,23,24). The van der Waals surface area contributed by atoms with Gasteiger partial charge in [-0.25, -0.2) is 9.97 Å². The topological polar surface area (TPSA) is 92.9 Å². The number of anilines is 2. The van der Waals surface area contributed by atoms with Crippen molar-refractivity contribution >= 4 is 62.3 Å². The minimum absolute atomic E-state index is 0.143. The molecule has 0 aliphatic heterocycles. The Morgan fingerprint density at radius 3 is 2.58 bits per heavy atom. The molecule has 3 rings (SSSR count). The second kappa shape index (κ2) is 7.26. The number of nitrogens with one attached hydrogen (secondary N) is 2. The van der Waals surface area contributed by atoms with Gasteiger partial charge >= 0.3 is 0 Å². The Morgan fingerprint density at radius 1 is 1.23 bits per heavy atom. The summed E-state index contributed by atoms with van der Waals surface area (Å²) in [7, 11) is 1.56. The summed E-state index contributed by atoms with van der Waals surface area (Å²) < 4.78 is 0. The number of carbonyl (C=O) groups excluding carboxylic acids is 1. The largest absolute Gasteiger partial charge is 0.397 e. The molecule has 0 saturated heterocycles. The number of nitrogen functional groups attached to an aromatic ring is 1. The van der Waals surface area contributed by atoms with Gasteiger partial charge in [0.1, 0.15) is 9.71 Å². The van der Waals surface area contributed by atoms with E-state index in [1.165, 1.54) is 11.3 Å². The predicted octanol–water partition coefficient (Wildman–Crippen LogP) is 4.43. The number of hydrogen-bond donors (Lipinski definition) is 3. The molecule has 136 valence electrons. The minimum atomic E-state index is -0.260. The van der Waals surface area contributed by atoms with E-state index >= 15 is 0 Å². The zero-order chi connectivity index (χ0) is 19.0. The fraction of sp³-hybridized carbons (Fsp3) is 0.235. The van der Waals surface area contributed by atoms with Crippen molar-refractivity contribution in [2.75, 3.05) is 18.1 Å². The van der Waals surface area contributed by atoms with Crippen molar-refractivity contribution in [3.63, 3.8) is 0 Å². The summed E-state index contributed by atoms with van der Waals surface area (Å²) in [5.41, 5.74) is 7.95. The van der Waals surface area contributed by atoms with Crippen LogP contribution in [0.2, 0.25) is 10.0 Å². The van der Waals surface area contributed by atoms with Gasteiger partial charge in [-0.1, -0.05) is 29.3 Å². The van der Waals surface area contributed by atoms with Crippen LogP contribution in [0, 0.1) is 0 Å². The van der Waals surface area contributed by atoms with Crippen molar-refractivity contribution in [2.24, 2.45) is 0 Å². The molecule has 0 saturated carbocycles. The van der Waals surface area contributed by atoms with E-state index in [4.69, 9.17) is 28.9 Å². The van der Waals surface area contributed by atoms with E-state index in [0.717, 1.165) is 5.56 Å². The molecule has 0 spiro atoms.